The molecule has 0 unspecified atom stereocenters. The van der Waals surface area contributed by atoms with Crippen molar-refractivity contribution in [2.45, 2.75) is 0 Å². The van der Waals surface area contributed by atoms with Crippen LogP contribution in [-0.4, -0.2) is 0 Å². The second kappa shape index (κ2) is 9.78. The largest absolute Gasteiger partial charge is 0.456 e. The molecule has 0 spiro atoms. The number of benzene rings is 9. The lowest BCUT2D eigenvalue weighted by molar-refractivity contribution is 0.669. The summed E-state index contributed by atoms with van der Waals surface area (Å²) in [6.07, 6.45) is 0. The maximum atomic E-state index is 9.42. The molecule has 11 rings (SSSR count). The highest BCUT2D eigenvalue weighted by molar-refractivity contribution is 7.25. The molecule has 2 aromatic heterocycles. The number of rotatable bonds is 2. The summed E-state index contributed by atoms with van der Waals surface area (Å²) in [5.41, 5.74) is 3.08. The molecule has 0 saturated carbocycles. The highest BCUT2D eigenvalue weighted by atomic mass is 32.1. The van der Waals surface area contributed by atoms with Crippen LogP contribution in [0.2, 0.25) is 0 Å². The van der Waals surface area contributed by atoms with Gasteiger partial charge in [0.25, 0.3) is 0 Å². The Kier molecular flexibility index (Phi) is 4.00. The van der Waals surface area contributed by atoms with Crippen molar-refractivity contribution in [2.24, 2.45) is 0 Å². The predicted molar refractivity (Wildman–Crippen MR) is 208 cm³/mol. The third-order valence-corrected chi connectivity index (χ3v) is 10.8. The molecule has 0 saturated heterocycles. The Bertz CT molecular complexity index is 3500. The van der Waals surface area contributed by atoms with Crippen LogP contribution in [0.15, 0.2) is 162 Å². The lowest BCUT2D eigenvalue weighted by atomic mass is 9.85. The fraction of sp³-hybridized carbons (Fsp3) is 0. The standard InChI is InChI=1S/C46H26OS/c1-2-10-31-27(9-1)17-18-28-19-20-29(23-37(28)31)45-33-12-3-5-14-35(33)46(36-15-6-4-13-34(36)45)30-21-22-41-38(24-30)39-26-44-40(25-42(39)47-41)32-11-7-8-16-43(32)48-44/h1-26H/i3D,4D,5D,6D,12D,13D,14D,15D. The van der Waals surface area contributed by atoms with Crippen LogP contribution in [-0.2, 0) is 0 Å². The van der Waals surface area contributed by atoms with Gasteiger partial charge in [-0.1, -0.05) is 121 Å². The SMILES string of the molecule is [2H]c1c([2H])c([2H])c2c(-c3ccc4oc5cc6c(cc5c4c3)sc3ccccc36)c3c([2H])c([2H])c([2H])c([2H])c3c(-c3ccc4ccc5ccccc5c4c3)c2c1[2H]. The van der Waals surface area contributed by atoms with Crippen LogP contribution in [0.1, 0.15) is 11.0 Å². The van der Waals surface area contributed by atoms with Gasteiger partial charge in [-0.25, -0.2) is 0 Å². The third-order valence-electron chi connectivity index (χ3n) is 9.67. The molecule has 0 atom stereocenters. The van der Waals surface area contributed by atoms with E-state index in [9.17, 15) is 5.48 Å². The van der Waals surface area contributed by atoms with E-state index in [1.807, 2.05) is 72.8 Å². The average Bonchev–Trinajstić information content (AvgIpc) is 3.77. The van der Waals surface area contributed by atoms with Gasteiger partial charge in [0.05, 0.1) is 11.0 Å². The molecule has 0 radical (unpaired) electrons. The number of fused-ring (bicyclic) bond motifs is 11. The smallest absolute Gasteiger partial charge is 0.136 e. The Hall–Kier alpha value is -5.96. The minimum atomic E-state index is -0.429. The van der Waals surface area contributed by atoms with Gasteiger partial charge in [-0.2, -0.15) is 0 Å². The van der Waals surface area contributed by atoms with E-state index in [0.717, 1.165) is 47.8 Å². The molecule has 2 heterocycles. The fourth-order valence-corrected chi connectivity index (χ4v) is 8.64. The van der Waals surface area contributed by atoms with Crippen LogP contribution >= 0.6 is 11.3 Å². The Morgan fingerprint density at radius 1 is 0.396 bits per heavy atom. The molecule has 9 aromatic carbocycles. The van der Waals surface area contributed by atoms with Gasteiger partial charge in [0.15, 0.2) is 0 Å². The highest BCUT2D eigenvalue weighted by Crippen LogP contribution is 2.46. The lowest BCUT2D eigenvalue weighted by Gasteiger charge is -2.18. The van der Waals surface area contributed by atoms with Crippen molar-refractivity contribution in [3.8, 4) is 22.3 Å². The summed E-state index contributed by atoms with van der Waals surface area (Å²) in [5, 5.41) is 8.54. The fourth-order valence-electron chi connectivity index (χ4n) is 7.51. The van der Waals surface area contributed by atoms with Crippen molar-refractivity contribution < 1.29 is 15.4 Å². The summed E-state index contributed by atoms with van der Waals surface area (Å²) in [4.78, 5) is 0. The van der Waals surface area contributed by atoms with E-state index in [1.165, 1.54) is 4.70 Å². The molecule has 0 bridgehead atoms. The molecule has 222 valence electrons. The Morgan fingerprint density at radius 2 is 0.958 bits per heavy atom. The van der Waals surface area contributed by atoms with Gasteiger partial charge in [0, 0.05) is 30.9 Å². The zero-order valence-electron chi connectivity index (χ0n) is 33.2. The predicted octanol–water partition coefficient (Wildman–Crippen LogP) is 13.9. The molecule has 0 aliphatic carbocycles. The molecule has 1 nitrogen and oxygen atoms in total. The Labute approximate surface area is 291 Å². The molecule has 0 N–H and O–H groups in total. The van der Waals surface area contributed by atoms with Gasteiger partial charge in [-0.3, -0.25) is 0 Å². The minimum absolute atomic E-state index is 0.181. The molecule has 48 heavy (non-hydrogen) atoms. The monoisotopic (exact) mass is 634 g/mol. The van der Waals surface area contributed by atoms with Gasteiger partial charge >= 0.3 is 0 Å². The van der Waals surface area contributed by atoms with Crippen molar-refractivity contribution >= 4 is 96.5 Å². The van der Waals surface area contributed by atoms with Gasteiger partial charge in [0.1, 0.15) is 11.2 Å². The molecular weight excluding hydrogens is 601 g/mol. The Morgan fingerprint density at radius 3 is 1.69 bits per heavy atom. The van der Waals surface area contributed by atoms with Crippen LogP contribution in [0.25, 0.3) is 107 Å². The molecular formula is C46H26OS. The summed E-state index contributed by atoms with van der Waals surface area (Å²) >= 11 is 1.70. The van der Waals surface area contributed by atoms with Crippen LogP contribution in [0.4, 0.5) is 0 Å². The molecule has 2 heteroatoms. The first-order valence-corrected chi connectivity index (χ1v) is 16.6. The van der Waals surface area contributed by atoms with E-state index in [2.05, 4.69) is 30.3 Å². The maximum absolute atomic E-state index is 9.42. The van der Waals surface area contributed by atoms with Crippen molar-refractivity contribution in [2.75, 3.05) is 0 Å². The van der Waals surface area contributed by atoms with E-state index >= 15 is 0 Å². The molecule has 0 fully saturated rings. The second-order valence-electron chi connectivity index (χ2n) is 12.2. The summed E-state index contributed by atoms with van der Waals surface area (Å²) in [7, 11) is 0. The van der Waals surface area contributed by atoms with Crippen LogP contribution < -0.4 is 0 Å². The number of furan rings is 1. The molecule has 0 aliphatic rings. The number of hydrogen-bond acceptors (Lipinski definition) is 2. The van der Waals surface area contributed by atoms with E-state index in [4.69, 9.17) is 9.90 Å². The normalized spacial score (nSPS) is 14.5. The number of thiophene rings is 1. The molecule has 0 amide bonds. The first-order chi connectivity index (χ1) is 27.1. The lowest BCUT2D eigenvalue weighted by Crippen LogP contribution is -1.91. The number of hydrogen-bond donors (Lipinski definition) is 0. The quantitative estimate of drug-likeness (QED) is 0.136. The van der Waals surface area contributed by atoms with E-state index in [1.54, 1.807) is 17.4 Å². The van der Waals surface area contributed by atoms with E-state index in [0.29, 0.717) is 33.4 Å². The minimum Gasteiger partial charge on any atom is -0.456 e. The first kappa shape index (κ1) is 19.6. The third kappa shape index (κ3) is 3.66. The highest BCUT2D eigenvalue weighted by Gasteiger charge is 2.19. The zero-order valence-corrected chi connectivity index (χ0v) is 26.0. The molecule has 0 aliphatic heterocycles. The summed E-state index contributed by atoms with van der Waals surface area (Å²) in [6.45, 7) is 0. The van der Waals surface area contributed by atoms with Crippen molar-refractivity contribution in [3.05, 3.63) is 158 Å². The van der Waals surface area contributed by atoms with Crippen molar-refractivity contribution in [3.63, 3.8) is 0 Å². The van der Waals surface area contributed by atoms with Crippen LogP contribution in [0.3, 0.4) is 0 Å². The van der Waals surface area contributed by atoms with Crippen molar-refractivity contribution in [1.82, 2.24) is 0 Å². The van der Waals surface area contributed by atoms with Crippen LogP contribution in [0.5, 0.6) is 0 Å². The van der Waals surface area contributed by atoms with Gasteiger partial charge < -0.3 is 4.42 Å². The maximum Gasteiger partial charge on any atom is 0.136 e. The van der Waals surface area contributed by atoms with Crippen molar-refractivity contribution in [1.29, 1.82) is 0 Å². The first-order valence-electron chi connectivity index (χ1n) is 19.8. The average molecular weight is 635 g/mol. The zero-order chi connectivity index (χ0) is 38.3. The van der Waals surface area contributed by atoms with Gasteiger partial charge in [-0.15, -0.1) is 11.3 Å². The Balaban J connectivity index is 1.31. The van der Waals surface area contributed by atoms with Crippen LogP contribution in [0, 0.1) is 0 Å². The molecule has 11 aromatic rings. The topological polar surface area (TPSA) is 13.1 Å². The van der Waals surface area contributed by atoms with E-state index < -0.39 is 24.2 Å². The van der Waals surface area contributed by atoms with E-state index in [-0.39, 0.29) is 45.7 Å². The summed E-state index contributed by atoms with van der Waals surface area (Å²) in [6, 6.07) is 33.0. The summed E-state index contributed by atoms with van der Waals surface area (Å²) in [5.74, 6) is 0. The second-order valence-corrected chi connectivity index (χ2v) is 13.3. The van der Waals surface area contributed by atoms with Gasteiger partial charge in [0.2, 0.25) is 0 Å². The van der Waals surface area contributed by atoms with Gasteiger partial charge in [-0.05, 0) is 102 Å². The summed E-state index contributed by atoms with van der Waals surface area (Å²) < 4.78 is 81.7.